The summed E-state index contributed by atoms with van der Waals surface area (Å²) in [6, 6.07) is 0.978. The van der Waals surface area contributed by atoms with Gasteiger partial charge in [0.05, 0.1) is 13.2 Å². The Balaban J connectivity index is 1.65. The van der Waals surface area contributed by atoms with Crippen LogP contribution in [0, 0.1) is 12.8 Å². The van der Waals surface area contributed by atoms with Gasteiger partial charge in [0, 0.05) is 38.8 Å². The van der Waals surface area contributed by atoms with Crippen molar-refractivity contribution < 1.29 is 4.74 Å². The quantitative estimate of drug-likeness (QED) is 0.532. The zero-order chi connectivity index (χ0) is 20.6. The lowest BCUT2D eigenvalue weighted by atomic mass is 9.96. The molecule has 0 spiro atoms. The molecule has 164 valence electrons. The first-order valence-electron chi connectivity index (χ1n) is 11.3. The number of aromatic nitrogens is 3. The molecule has 8 heteroatoms. The van der Waals surface area contributed by atoms with Gasteiger partial charge in [-0.3, -0.25) is 4.90 Å². The Morgan fingerprint density at radius 3 is 2.52 bits per heavy atom. The third-order valence-electron chi connectivity index (χ3n) is 6.27. The molecule has 1 aromatic rings. The number of hydrogen-bond acceptors (Lipinski definition) is 5. The summed E-state index contributed by atoms with van der Waals surface area (Å²) in [6.45, 7) is 11.7. The molecule has 2 N–H and O–H groups in total. The van der Waals surface area contributed by atoms with Gasteiger partial charge in [-0.2, -0.15) is 0 Å². The lowest BCUT2D eigenvalue weighted by Crippen LogP contribution is -2.53. The first-order valence-corrected chi connectivity index (χ1v) is 11.3. The van der Waals surface area contributed by atoms with E-state index in [-0.39, 0.29) is 0 Å². The first-order chi connectivity index (χ1) is 14.0. The Kier molecular flexibility index (Phi) is 8.29. The Morgan fingerprint density at radius 1 is 1.17 bits per heavy atom. The molecule has 1 aliphatic carbocycles. The van der Waals surface area contributed by atoms with E-state index in [0.717, 1.165) is 50.5 Å². The van der Waals surface area contributed by atoms with E-state index >= 15 is 0 Å². The van der Waals surface area contributed by atoms with E-state index in [1.807, 2.05) is 18.5 Å². The van der Waals surface area contributed by atoms with E-state index in [1.165, 1.54) is 32.1 Å². The molecule has 29 heavy (non-hydrogen) atoms. The van der Waals surface area contributed by atoms with Gasteiger partial charge < -0.3 is 19.9 Å². The molecular formula is C21H39N7O. The van der Waals surface area contributed by atoms with Gasteiger partial charge in [-0.15, -0.1) is 10.2 Å². The minimum atomic E-state index is 0.467. The maximum Gasteiger partial charge on any atom is 0.191 e. The van der Waals surface area contributed by atoms with Crippen LogP contribution in [0.5, 0.6) is 0 Å². The molecule has 2 fully saturated rings. The molecule has 1 atom stereocenters. The van der Waals surface area contributed by atoms with Gasteiger partial charge in [0.1, 0.15) is 12.4 Å². The Labute approximate surface area is 175 Å². The number of guanidine groups is 1. The van der Waals surface area contributed by atoms with E-state index < -0.39 is 0 Å². The predicted molar refractivity (Wildman–Crippen MR) is 116 cm³/mol. The van der Waals surface area contributed by atoms with Crippen LogP contribution in [-0.4, -0.2) is 70.6 Å². The van der Waals surface area contributed by atoms with Crippen LogP contribution in [0.3, 0.4) is 0 Å². The van der Waals surface area contributed by atoms with E-state index in [2.05, 4.69) is 39.6 Å². The second-order valence-corrected chi connectivity index (χ2v) is 8.71. The van der Waals surface area contributed by atoms with E-state index in [1.54, 1.807) is 0 Å². The Morgan fingerprint density at radius 2 is 1.90 bits per heavy atom. The van der Waals surface area contributed by atoms with Crippen molar-refractivity contribution >= 4 is 5.96 Å². The number of nitrogens with zero attached hydrogens (tertiary/aromatic N) is 5. The molecule has 2 heterocycles. The molecule has 1 saturated carbocycles. The van der Waals surface area contributed by atoms with Crippen LogP contribution in [0.1, 0.15) is 57.6 Å². The fraction of sp³-hybridized carbons (Fsp3) is 0.857. The molecule has 1 aliphatic heterocycles. The van der Waals surface area contributed by atoms with Gasteiger partial charge >= 0.3 is 0 Å². The topological polar surface area (TPSA) is 79.6 Å². The molecule has 0 aromatic carbocycles. The van der Waals surface area contributed by atoms with Gasteiger partial charge in [0.15, 0.2) is 11.8 Å². The van der Waals surface area contributed by atoms with E-state index in [0.29, 0.717) is 24.5 Å². The van der Waals surface area contributed by atoms with Gasteiger partial charge in [-0.05, 0) is 25.7 Å². The van der Waals surface area contributed by atoms with Crippen LogP contribution in [0.15, 0.2) is 4.99 Å². The fourth-order valence-electron chi connectivity index (χ4n) is 4.23. The highest BCUT2D eigenvalue weighted by atomic mass is 16.5. The highest BCUT2D eigenvalue weighted by Crippen LogP contribution is 2.17. The van der Waals surface area contributed by atoms with Crippen LogP contribution in [-0.2, 0) is 18.3 Å². The predicted octanol–water partition coefficient (Wildman–Crippen LogP) is 1.85. The largest absolute Gasteiger partial charge is 0.379 e. The van der Waals surface area contributed by atoms with Crippen molar-refractivity contribution in [1.82, 2.24) is 30.3 Å². The van der Waals surface area contributed by atoms with E-state index in [4.69, 9.17) is 9.73 Å². The molecule has 1 unspecified atom stereocenters. The van der Waals surface area contributed by atoms with E-state index in [9.17, 15) is 0 Å². The number of hydrogen-bond donors (Lipinski definition) is 2. The standard InChI is InChI=1S/C21H39N7O/c1-16(2)19(28-10-12-29-13-11-28)14-22-21(24-18-8-6-5-7-9-18)23-15-20-26-25-17(3)27(20)4/h16,18-19H,5-15H2,1-4H3,(H2,22,23,24). The monoisotopic (exact) mass is 405 g/mol. The summed E-state index contributed by atoms with van der Waals surface area (Å²) in [5, 5.41) is 15.7. The Hall–Kier alpha value is -1.67. The third-order valence-corrected chi connectivity index (χ3v) is 6.27. The Bertz CT molecular complexity index is 645. The SMILES string of the molecule is Cc1nnc(CN=C(NCC(C(C)C)N2CCOCC2)NC2CCCCC2)n1C. The molecule has 0 radical (unpaired) electrons. The fourth-order valence-corrected chi connectivity index (χ4v) is 4.23. The highest BCUT2D eigenvalue weighted by molar-refractivity contribution is 5.80. The minimum Gasteiger partial charge on any atom is -0.379 e. The molecule has 3 rings (SSSR count). The molecule has 1 saturated heterocycles. The smallest absolute Gasteiger partial charge is 0.191 e. The van der Waals surface area contributed by atoms with Crippen LogP contribution < -0.4 is 10.6 Å². The maximum absolute atomic E-state index is 5.54. The third kappa shape index (κ3) is 6.40. The lowest BCUT2D eigenvalue weighted by molar-refractivity contribution is 0.00751. The number of nitrogens with one attached hydrogen (secondary N) is 2. The zero-order valence-electron chi connectivity index (χ0n) is 18.7. The average molecular weight is 406 g/mol. The molecule has 1 aromatic heterocycles. The number of rotatable bonds is 7. The summed E-state index contributed by atoms with van der Waals surface area (Å²) in [5.74, 6) is 3.27. The van der Waals surface area contributed by atoms with Gasteiger partial charge in [0.25, 0.3) is 0 Å². The van der Waals surface area contributed by atoms with Crippen LogP contribution in [0.25, 0.3) is 0 Å². The van der Waals surface area contributed by atoms with Crippen LogP contribution >= 0.6 is 0 Å². The van der Waals surface area contributed by atoms with Crippen molar-refractivity contribution in [3.05, 3.63) is 11.6 Å². The summed E-state index contributed by atoms with van der Waals surface area (Å²) in [7, 11) is 2.00. The molecular weight excluding hydrogens is 366 g/mol. The number of aliphatic imine (C=N–C) groups is 1. The number of aryl methyl sites for hydroxylation is 1. The molecule has 8 nitrogen and oxygen atoms in total. The van der Waals surface area contributed by atoms with Gasteiger partial charge in [0.2, 0.25) is 0 Å². The van der Waals surface area contributed by atoms with Crippen molar-refractivity contribution in [1.29, 1.82) is 0 Å². The normalized spacial score (nSPS) is 20.8. The van der Waals surface area contributed by atoms with Crippen LogP contribution in [0.2, 0.25) is 0 Å². The minimum absolute atomic E-state index is 0.467. The van der Waals surface area contributed by atoms with Gasteiger partial charge in [-0.25, -0.2) is 4.99 Å². The average Bonchev–Trinajstić information content (AvgIpc) is 3.05. The van der Waals surface area contributed by atoms with Crippen molar-refractivity contribution in [2.45, 2.75) is 71.5 Å². The van der Waals surface area contributed by atoms with Crippen molar-refractivity contribution in [3.8, 4) is 0 Å². The van der Waals surface area contributed by atoms with Crippen molar-refractivity contribution in [2.75, 3.05) is 32.8 Å². The van der Waals surface area contributed by atoms with Crippen LogP contribution in [0.4, 0.5) is 0 Å². The second kappa shape index (κ2) is 10.9. The second-order valence-electron chi connectivity index (χ2n) is 8.71. The maximum atomic E-state index is 5.54. The zero-order valence-corrected chi connectivity index (χ0v) is 18.7. The summed E-state index contributed by atoms with van der Waals surface area (Å²) in [6.07, 6.45) is 6.40. The summed E-state index contributed by atoms with van der Waals surface area (Å²) >= 11 is 0. The van der Waals surface area contributed by atoms with Gasteiger partial charge in [-0.1, -0.05) is 33.1 Å². The number of morpholine rings is 1. The molecule has 0 amide bonds. The van der Waals surface area contributed by atoms with Crippen molar-refractivity contribution in [3.63, 3.8) is 0 Å². The summed E-state index contributed by atoms with van der Waals surface area (Å²) in [5.41, 5.74) is 0. The molecule has 2 aliphatic rings. The summed E-state index contributed by atoms with van der Waals surface area (Å²) < 4.78 is 7.55. The lowest BCUT2D eigenvalue weighted by Gasteiger charge is -2.37. The first kappa shape index (κ1) is 22.0. The summed E-state index contributed by atoms with van der Waals surface area (Å²) in [4.78, 5) is 7.41. The van der Waals surface area contributed by atoms with Crippen molar-refractivity contribution in [2.24, 2.45) is 18.0 Å². The highest BCUT2D eigenvalue weighted by Gasteiger charge is 2.24. The number of ether oxygens (including phenoxy) is 1. The molecule has 0 bridgehead atoms.